The second-order valence-corrected chi connectivity index (χ2v) is 13.3. The third-order valence-corrected chi connectivity index (χ3v) is 8.91. The van der Waals surface area contributed by atoms with Gasteiger partial charge in [-0.25, -0.2) is 24.0 Å². The molecule has 0 bridgehead atoms. The highest BCUT2D eigenvalue weighted by atomic mass is 16.6. The average Bonchev–Trinajstić information content (AvgIpc) is 3.20. The topological polar surface area (TPSA) is 304 Å². The quantitative estimate of drug-likeness (QED) is 0.0390. The summed E-state index contributed by atoms with van der Waals surface area (Å²) in [7, 11) is 0. The maximum atomic E-state index is 13.3. The van der Waals surface area contributed by atoms with Gasteiger partial charge >= 0.3 is 29.8 Å². The highest BCUT2D eigenvalue weighted by Crippen LogP contribution is 2.39. The minimum Gasteiger partial charge on any atom is -0.504 e. The number of benzene rings is 4. The molecule has 61 heavy (non-hydrogen) atoms. The number of hydrogen-bond acceptors (Lipinski definition) is 17. The van der Waals surface area contributed by atoms with Crippen LogP contribution in [-0.4, -0.2) is 99.7 Å². The molecule has 0 unspecified atom stereocenters. The molecule has 0 aliphatic heterocycles. The van der Waals surface area contributed by atoms with E-state index in [1.807, 2.05) is 0 Å². The van der Waals surface area contributed by atoms with Crippen LogP contribution < -0.4 is 0 Å². The molecule has 18 nitrogen and oxygen atoms in total. The number of carbonyl (C=O) groups excluding carboxylic acids is 4. The van der Waals surface area contributed by atoms with Gasteiger partial charge in [0.25, 0.3) is 0 Å². The SMILES string of the molecule is O=C(C=Cc1ccc(O)c(O)c1)OC1[C@H](OC(=O)C=Cc2ccc(O)c(O)c2)CC(OC(=O)C=Cc2ccc(O)c(O)c2)(C(=O)O)C[C@H]1OC(=O)C=Cc1ccc(O)c(O)c1. The summed E-state index contributed by atoms with van der Waals surface area (Å²) >= 11 is 0. The van der Waals surface area contributed by atoms with E-state index in [1.54, 1.807) is 0 Å². The Bertz CT molecular complexity index is 2380. The van der Waals surface area contributed by atoms with E-state index in [0.29, 0.717) is 0 Å². The molecule has 0 saturated heterocycles. The number of carbonyl (C=O) groups is 5. The zero-order chi connectivity index (χ0) is 44.4. The van der Waals surface area contributed by atoms with E-state index in [2.05, 4.69) is 0 Å². The maximum absolute atomic E-state index is 13.3. The Balaban J connectivity index is 1.52. The van der Waals surface area contributed by atoms with Crippen LogP contribution in [0.2, 0.25) is 0 Å². The first-order valence-electron chi connectivity index (χ1n) is 17.8. The number of hydrogen-bond donors (Lipinski definition) is 9. The lowest BCUT2D eigenvalue weighted by molar-refractivity contribution is -0.217. The molecular weight excluding hydrogens is 804 g/mol. The van der Waals surface area contributed by atoms with Crippen molar-refractivity contribution in [1.29, 1.82) is 0 Å². The molecule has 0 heterocycles. The van der Waals surface area contributed by atoms with Crippen molar-refractivity contribution in [3.8, 4) is 46.0 Å². The van der Waals surface area contributed by atoms with Crippen LogP contribution in [-0.2, 0) is 42.9 Å². The number of phenols is 8. The van der Waals surface area contributed by atoms with E-state index >= 15 is 0 Å². The molecule has 2 atom stereocenters. The number of carboxylic acids is 1. The van der Waals surface area contributed by atoms with Gasteiger partial charge in [-0.05, 0) is 95.1 Å². The van der Waals surface area contributed by atoms with Crippen molar-refractivity contribution < 1.29 is 88.9 Å². The Hall–Kier alpha value is -8.41. The minimum atomic E-state index is -2.66. The van der Waals surface area contributed by atoms with Crippen molar-refractivity contribution in [3.63, 3.8) is 0 Å². The van der Waals surface area contributed by atoms with Crippen LogP contribution in [0.5, 0.6) is 46.0 Å². The Morgan fingerprint density at radius 2 is 0.738 bits per heavy atom. The Kier molecular flexibility index (Phi) is 13.5. The average molecular weight is 841 g/mol. The smallest absolute Gasteiger partial charge is 0.348 e. The molecule has 18 heteroatoms. The van der Waals surface area contributed by atoms with Gasteiger partial charge in [0.15, 0.2) is 52.1 Å². The number of carboxylic acid groups (broad SMARTS) is 1. The standard InChI is InChI=1S/C43H36O18/c44-27-9-1-23(17-31(27)48)5-13-37(52)58-35-21-43(42(56)57,61-40(55)16-8-26-4-12-30(47)34(51)20-26)22-36(59-38(53)14-6-24-2-10-28(45)32(49)18-24)41(35)60-39(54)15-7-25-3-11-29(46)33(50)19-25/h1-20,35-36,41,44-51H,21-22H2,(H,56,57)/t35-,36-,41?,43?/m1/s1. The molecule has 0 radical (unpaired) electrons. The fourth-order valence-electron chi connectivity index (χ4n) is 5.89. The van der Waals surface area contributed by atoms with Gasteiger partial charge in [-0.3, -0.25) is 0 Å². The van der Waals surface area contributed by atoms with Crippen LogP contribution in [0.1, 0.15) is 35.1 Å². The largest absolute Gasteiger partial charge is 0.504 e. The van der Waals surface area contributed by atoms with Crippen LogP contribution in [0.4, 0.5) is 0 Å². The summed E-state index contributed by atoms with van der Waals surface area (Å²) < 4.78 is 22.3. The van der Waals surface area contributed by atoms with Gasteiger partial charge in [-0.2, -0.15) is 0 Å². The molecule has 9 N–H and O–H groups in total. The lowest BCUT2D eigenvalue weighted by atomic mass is 9.79. The summed E-state index contributed by atoms with van der Waals surface area (Å²) in [6, 6.07) is 14.3. The Labute approximate surface area is 344 Å². The summed E-state index contributed by atoms with van der Waals surface area (Å²) in [5.41, 5.74) is -1.86. The van der Waals surface area contributed by atoms with Gasteiger partial charge in [0.05, 0.1) is 0 Å². The third kappa shape index (κ3) is 11.6. The summed E-state index contributed by atoms with van der Waals surface area (Å²) in [6.07, 6.45) is 0.634. The number of esters is 4. The van der Waals surface area contributed by atoms with Crippen LogP contribution in [0.25, 0.3) is 24.3 Å². The van der Waals surface area contributed by atoms with E-state index in [9.17, 15) is 69.9 Å². The number of aliphatic carboxylic acids is 1. The van der Waals surface area contributed by atoms with E-state index in [1.165, 1.54) is 30.3 Å². The summed E-state index contributed by atoms with van der Waals surface area (Å²) in [6.45, 7) is 0. The van der Waals surface area contributed by atoms with Crippen molar-refractivity contribution in [3.05, 3.63) is 119 Å². The first-order valence-corrected chi connectivity index (χ1v) is 17.8. The molecule has 316 valence electrons. The van der Waals surface area contributed by atoms with Gasteiger partial charge in [0.1, 0.15) is 12.2 Å². The predicted molar refractivity (Wildman–Crippen MR) is 211 cm³/mol. The van der Waals surface area contributed by atoms with Gasteiger partial charge in [0, 0.05) is 37.1 Å². The number of ether oxygens (including phenoxy) is 4. The van der Waals surface area contributed by atoms with E-state index < -0.39 is 113 Å². The first-order chi connectivity index (χ1) is 28.9. The van der Waals surface area contributed by atoms with Gasteiger partial charge < -0.3 is 64.9 Å². The summed E-state index contributed by atoms with van der Waals surface area (Å²) in [5.74, 6) is -10.5. The van der Waals surface area contributed by atoms with E-state index in [-0.39, 0.29) is 22.3 Å². The van der Waals surface area contributed by atoms with Crippen molar-refractivity contribution >= 4 is 54.2 Å². The van der Waals surface area contributed by atoms with Gasteiger partial charge in [-0.1, -0.05) is 24.3 Å². The fourth-order valence-corrected chi connectivity index (χ4v) is 5.89. The first kappa shape index (κ1) is 43.7. The van der Waals surface area contributed by atoms with Gasteiger partial charge in [0.2, 0.25) is 5.60 Å². The normalized spacial score (nSPS) is 18.9. The molecule has 0 spiro atoms. The van der Waals surface area contributed by atoms with Crippen molar-refractivity contribution in [2.45, 2.75) is 36.8 Å². The highest BCUT2D eigenvalue weighted by molar-refractivity contribution is 5.92. The maximum Gasteiger partial charge on any atom is 0.348 e. The number of aromatic hydroxyl groups is 8. The second kappa shape index (κ2) is 18.9. The van der Waals surface area contributed by atoms with E-state index in [0.717, 1.165) is 91.1 Å². The van der Waals surface area contributed by atoms with Crippen LogP contribution in [0.3, 0.4) is 0 Å². The second-order valence-electron chi connectivity index (χ2n) is 13.3. The Morgan fingerprint density at radius 1 is 0.443 bits per heavy atom. The molecule has 1 aliphatic rings. The van der Waals surface area contributed by atoms with Crippen molar-refractivity contribution in [2.24, 2.45) is 0 Å². The Morgan fingerprint density at radius 3 is 1.03 bits per heavy atom. The fraction of sp³-hybridized carbons (Fsp3) is 0.140. The van der Waals surface area contributed by atoms with Crippen molar-refractivity contribution in [2.75, 3.05) is 0 Å². The molecule has 4 aromatic carbocycles. The minimum absolute atomic E-state index is 0.184. The highest BCUT2D eigenvalue weighted by Gasteiger charge is 2.57. The molecule has 1 saturated carbocycles. The molecule has 1 aliphatic carbocycles. The number of phenolic OH excluding ortho intramolecular Hbond substituents is 8. The molecule has 0 aromatic heterocycles. The zero-order valence-electron chi connectivity index (χ0n) is 31.4. The monoisotopic (exact) mass is 840 g/mol. The van der Waals surface area contributed by atoms with Crippen LogP contribution >= 0.6 is 0 Å². The molecule has 5 rings (SSSR count). The van der Waals surface area contributed by atoms with Gasteiger partial charge in [-0.15, -0.1) is 0 Å². The summed E-state index contributed by atoms with van der Waals surface area (Å²) in [4.78, 5) is 66.3. The lowest BCUT2D eigenvalue weighted by Gasteiger charge is -2.43. The van der Waals surface area contributed by atoms with Crippen LogP contribution in [0.15, 0.2) is 97.1 Å². The molecule has 4 aromatic rings. The summed E-state index contributed by atoms with van der Waals surface area (Å²) in [5, 5.41) is 88.5. The molecule has 1 fully saturated rings. The predicted octanol–water partition coefficient (Wildman–Crippen LogP) is 4.38. The van der Waals surface area contributed by atoms with Crippen LogP contribution in [0, 0.1) is 0 Å². The lowest BCUT2D eigenvalue weighted by Crippen LogP contribution is -2.60. The zero-order valence-corrected chi connectivity index (χ0v) is 31.4. The third-order valence-electron chi connectivity index (χ3n) is 8.91. The van der Waals surface area contributed by atoms with E-state index in [4.69, 9.17) is 18.9 Å². The number of rotatable bonds is 13. The molecular formula is C43H36O18. The van der Waals surface area contributed by atoms with Crippen molar-refractivity contribution in [1.82, 2.24) is 0 Å². The molecule has 0 amide bonds.